The highest BCUT2D eigenvalue weighted by atomic mass is 32.2. The van der Waals surface area contributed by atoms with Crippen molar-refractivity contribution in [3.63, 3.8) is 0 Å². The van der Waals surface area contributed by atoms with Crippen LogP contribution in [0, 0.1) is 0 Å². The van der Waals surface area contributed by atoms with Crippen LogP contribution >= 0.6 is 11.8 Å². The number of hydrogen-bond acceptors (Lipinski definition) is 4. The van der Waals surface area contributed by atoms with Gasteiger partial charge in [-0.05, 0) is 24.3 Å². The Hall–Kier alpha value is -1.94. The first-order valence-electron chi connectivity index (χ1n) is 6.48. The number of methoxy groups -OCH3 is 1. The van der Waals surface area contributed by atoms with Crippen molar-refractivity contribution in [3.8, 4) is 5.75 Å². The Kier molecular flexibility index (Phi) is 3.92. The van der Waals surface area contributed by atoms with Gasteiger partial charge < -0.3 is 9.64 Å². The fraction of sp³-hybridized carbons (Fsp3) is 0.188. The topological polar surface area (TPSA) is 24.8 Å². The van der Waals surface area contributed by atoms with E-state index >= 15 is 0 Å². The zero-order chi connectivity index (χ0) is 13.8. The van der Waals surface area contributed by atoms with Gasteiger partial charge in [-0.3, -0.25) is 4.99 Å². The van der Waals surface area contributed by atoms with E-state index in [-0.39, 0.29) is 0 Å². The number of nitrogens with zero attached hydrogens (tertiary/aromatic N) is 2. The minimum atomic E-state index is 0.698. The third-order valence-electron chi connectivity index (χ3n) is 3.20. The second-order valence-corrected chi connectivity index (χ2v) is 5.42. The van der Waals surface area contributed by atoms with E-state index in [1.807, 2.05) is 30.3 Å². The molecule has 0 aliphatic carbocycles. The van der Waals surface area contributed by atoms with Crippen LogP contribution in [0.4, 0.5) is 5.69 Å². The van der Waals surface area contributed by atoms with Crippen molar-refractivity contribution in [3.05, 3.63) is 60.2 Å². The van der Waals surface area contributed by atoms with Gasteiger partial charge in [0, 0.05) is 11.3 Å². The first-order valence-corrected chi connectivity index (χ1v) is 7.47. The van der Waals surface area contributed by atoms with Gasteiger partial charge in [-0.2, -0.15) is 0 Å². The Morgan fingerprint density at radius 1 is 1.05 bits per heavy atom. The van der Waals surface area contributed by atoms with Crippen LogP contribution in [0.15, 0.2) is 59.6 Å². The van der Waals surface area contributed by atoms with E-state index in [9.17, 15) is 0 Å². The van der Waals surface area contributed by atoms with Gasteiger partial charge in [0.2, 0.25) is 0 Å². The lowest BCUT2D eigenvalue weighted by Crippen LogP contribution is -2.28. The van der Waals surface area contributed by atoms with Gasteiger partial charge >= 0.3 is 0 Å². The predicted octanol–water partition coefficient (Wildman–Crippen LogP) is 3.61. The molecule has 3 nitrogen and oxygen atoms in total. The van der Waals surface area contributed by atoms with Gasteiger partial charge in [0.1, 0.15) is 17.5 Å². The number of thioether (sulfide) groups is 1. The monoisotopic (exact) mass is 284 g/mol. The highest BCUT2D eigenvalue weighted by Gasteiger charge is 2.15. The minimum absolute atomic E-state index is 0.698. The molecule has 102 valence electrons. The summed E-state index contributed by atoms with van der Waals surface area (Å²) in [5.74, 6) is 1.80. The first kappa shape index (κ1) is 13.1. The van der Waals surface area contributed by atoms with E-state index < -0.39 is 0 Å². The van der Waals surface area contributed by atoms with Crippen molar-refractivity contribution in [2.45, 2.75) is 0 Å². The molecule has 3 rings (SSSR count). The molecule has 1 heterocycles. The van der Waals surface area contributed by atoms with Crippen LogP contribution in [0.5, 0.6) is 5.75 Å². The molecule has 1 aliphatic heterocycles. The molecule has 0 atom stereocenters. The molecule has 0 saturated carbocycles. The maximum Gasteiger partial charge on any atom is 0.119 e. The highest BCUT2D eigenvalue weighted by Crippen LogP contribution is 2.26. The number of aliphatic imine (C=N–C) groups is 1. The Balaban J connectivity index is 1.72. The van der Waals surface area contributed by atoms with Crippen molar-refractivity contribution in [1.82, 2.24) is 0 Å². The molecular weight excluding hydrogens is 268 g/mol. The predicted molar refractivity (Wildman–Crippen MR) is 85.8 cm³/mol. The maximum atomic E-state index is 5.18. The van der Waals surface area contributed by atoms with Crippen molar-refractivity contribution in [1.29, 1.82) is 0 Å². The van der Waals surface area contributed by atoms with E-state index in [1.165, 1.54) is 11.3 Å². The van der Waals surface area contributed by atoms with Crippen LogP contribution in [0.25, 0.3) is 0 Å². The molecule has 0 spiro atoms. The molecule has 0 fully saturated rings. The summed E-state index contributed by atoms with van der Waals surface area (Å²) in [4.78, 5) is 6.92. The van der Waals surface area contributed by atoms with Gasteiger partial charge in [0.15, 0.2) is 0 Å². The van der Waals surface area contributed by atoms with Gasteiger partial charge in [-0.25, -0.2) is 0 Å². The Morgan fingerprint density at radius 3 is 2.40 bits per heavy atom. The van der Waals surface area contributed by atoms with Crippen LogP contribution < -0.4 is 9.64 Å². The lowest BCUT2D eigenvalue weighted by atomic mass is 10.2. The summed E-state index contributed by atoms with van der Waals surface area (Å²) in [7, 11) is 1.68. The molecule has 2 aromatic rings. The van der Waals surface area contributed by atoms with E-state index in [1.54, 1.807) is 18.9 Å². The molecule has 0 amide bonds. The summed E-state index contributed by atoms with van der Waals surface area (Å²) < 4.78 is 5.18. The van der Waals surface area contributed by atoms with Gasteiger partial charge in [0.05, 0.1) is 13.0 Å². The van der Waals surface area contributed by atoms with E-state index in [0.29, 0.717) is 6.67 Å². The molecule has 0 aromatic heterocycles. The first-order chi connectivity index (χ1) is 9.86. The van der Waals surface area contributed by atoms with Crippen molar-refractivity contribution < 1.29 is 4.74 Å². The molecule has 0 radical (unpaired) electrons. The number of ether oxygens (including phenoxy) is 1. The van der Waals surface area contributed by atoms with Gasteiger partial charge in [-0.15, -0.1) is 0 Å². The fourth-order valence-electron chi connectivity index (χ4n) is 2.08. The van der Waals surface area contributed by atoms with Crippen LogP contribution in [0.2, 0.25) is 0 Å². The Labute approximate surface area is 123 Å². The molecule has 2 aromatic carbocycles. The van der Waals surface area contributed by atoms with Crippen LogP contribution in [-0.4, -0.2) is 24.7 Å². The molecule has 4 heteroatoms. The Morgan fingerprint density at radius 2 is 1.80 bits per heavy atom. The Bertz CT molecular complexity index is 596. The van der Waals surface area contributed by atoms with Gasteiger partial charge in [0.25, 0.3) is 0 Å². The summed E-state index contributed by atoms with van der Waals surface area (Å²) in [6, 6.07) is 18.4. The number of benzene rings is 2. The van der Waals surface area contributed by atoms with Crippen molar-refractivity contribution in [2.24, 2.45) is 4.99 Å². The largest absolute Gasteiger partial charge is 0.497 e. The van der Waals surface area contributed by atoms with E-state index in [2.05, 4.69) is 34.2 Å². The fourth-order valence-corrected chi connectivity index (χ4v) is 3.04. The molecule has 0 unspecified atom stereocenters. The standard InChI is InChI=1S/C16H16N2OS/c1-19-15-9-7-14(8-10-15)18-11-17-16(20-12-18)13-5-3-2-4-6-13/h2-10H,11-12H2,1H3. The molecule has 1 aliphatic rings. The zero-order valence-electron chi connectivity index (χ0n) is 11.3. The van der Waals surface area contributed by atoms with Crippen LogP contribution in [0.1, 0.15) is 5.56 Å². The maximum absolute atomic E-state index is 5.18. The summed E-state index contributed by atoms with van der Waals surface area (Å²) in [6.07, 6.45) is 0. The van der Waals surface area contributed by atoms with Crippen molar-refractivity contribution in [2.75, 3.05) is 24.6 Å². The highest BCUT2D eigenvalue weighted by molar-refractivity contribution is 8.14. The summed E-state index contributed by atoms with van der Waals surface area (Å²) >= 11 is 1.77. The number of hydrogen-bond donors (Lipinski definition) is 0. The van der Waals surface area contributed by atoms with Crippen LogP contribution in [-0.2, 0) is 0 Å². The lowest BCUT2D eigenvalue weighted by molar-refractivity contribution is 0.415. The smallest absolute Gasteiger partial charge is 0.119 e. The minimum Gasteiger partial charge on any atom is -0.497 e. The quantitative estimate of drug-likeness (QED) is 0.860. The average Bonchev–Trinajstić information content (AvgIpc) is 2.56. The molecule has 20 heavy (non-hydrogen) atoms. The summed E-state index contributed by atoms with van der Waals surface area (Å²) in [5.41, 5.74) is 2.38. The van der Waals surface area contributed by atoms with Crippen LogP contribution in [0.3, 0.4) is 0 Å². The molecular formula is C16H16N2OS. The van der Waals surface area contributed by atoms with Gasteiger partial charge in [-0.1, -0.05) is 42.1 Å². The second-order valence-electron chi connectivity index (χ2n) is 4.48. The summed E-state index contributed by atoms with van der Waals surface area (Å²) in [6.45, 7) is 0.698. The third kappa shape index (κ3) is 2.80. The van der Waals surface area contributed by atoms with E-state index in [0.717, 1.165) is 16.7 Å². The number of anilines is 1. The molecule has 0 N–H and O–H groups in total. The molecule has 0 saturated heterocycles. The second kappa shape index (κ2) is 6.01. The average molecular weight is 284 g/mol. The number of rotatable bonds is 3. The molecule has 0 bridgehead atoms. The normalized spacial score (nSPS) is 14.8. The zero-order valence-corrected chi connectivity index (χ0v) is 12.1. The summed E-state index contributed by atoms with van der Waals surface area (Å²) in [5, 5.41) is 1.12. The van der Waals surface area contributed by atoms with Crippen molar-refractivity contribution >= 4 is 22.5 Å². The third-order valence-corrected chi connectivity index (χ3v) is 4.28. The van der Waals surface area contributed by atoms with E-state index in [4.69, 9.17) is 4.74 Å². The SMILES string of the molecule is COc1ccc(N2CN=C(c3ccccc3)SC2)cc1. The lowest BCUT2D eigenvalue weighted by Gasteiger charge is -2.27.